The standard InChI is InChI=1S/C23H21FN2O2S/c1-15-4-10-19(11-5-15)28-13-3-12-26-14-25-22-21(23(26)27)20(16(2)29-22)17-6-8-18(24)9-7-17/h4-11,14H,3,12-13H2,1-2H3. The minimum absolute atomic E-state index is 0.0750. The molecular weight excluding hydrogens is 387 g/mol. The summed E-state index contributed by atoms with van der Waals surface area (Å²) in [5.41, 5.74) is 2.78. The van der Waals surface area contributed by atoms with E-state index in [-0.39, 0.29) is 11.4 Å². The van der Waals surface area contributed by atoms with Crippen molar-refractivity contribution in [3.8, 4) is 16.9 Å². The molecule has 0 spiro atoms. The zero-order valence-corrected chi connectivity index (χ0v) is 17.1. The molecule has 2 heterocycles. The zero-order chi connectivity index (χ0) is 20.4. The fraction of sp³-hybridized carbons (Fsp3) is 0.217. The topological polar surface area (TPSA) is 44.1 Å². The molecule has 2 aromatic carbocycles. The lowest BCUT2D eigenvalue weighted by molar-refractivity contribution is 0.301. The van der Waals surface area contributed by atoms with Gasteiger partial charge in [0.25, 0.3) is 5.56 Å². The van der Waals surface area contributed by atoms with Gasteiger partial charge in [0.15, 0.2) is 0 Å². The highest BCUT2D eigenvalue weighted by molar-refractivity contribution is 7.19. The van der Waals surface area contributed by atoms with E-state index in [1.807, 2.05) is 38.1 Å². The Morgan fingerprint density at radius 3 is 2.52 bits per heavy atom. The van der Waals surface area contributed by atoms with E-state index in [9.17, 15) is 9.18 Å². The SMILES string of the molecule is Cc1ccc(OCCCn2cnc3sc(C)c(-c4ccc(F)cc4)c3c2=O)cc1. The summed E-state index contributed by atoms with van der Waals surface area (Å²) in [7, 11) is 0. The second kappa shape index (κ2) is 8.17. The van der Waals surface area contributed by atoms with E-state index in [2.05, 4.69) is 4.98 Å². The van der Waals surface area contributed by atoms with Crippen LogP contribution < -0.4 is 10.3 Å². The molecule has 0 saturated heterocycles. The Kier molecular flexibility index (Phi) is 5.45. The maximum Gasteiger partial charge on any atom is 0.262 e. The first-order valence-corrected chi connectivity index (χ1v) is 10.3. The fourth-order valence-corrected chi connectivity index (χ4v) is 4.32. The third-order valence-electron chi connectivity index (χ3n) is 4.82. The summed E-state index contributed by atoms with van der Waals surface area (Å²) in [5, 5.41) is 0.598. The molecule has 6 heteroatoms. The molecule has 0 N–H and O–H groups in total. The summed E-state index contributed by atoms with van der Waals surface area (Å²) in [6.07, 6.45) is 2.29. The van der Waals surface area contributed by atoms with E-state index in [4.69, 9.17) is 4.74 Å². The van der Waals surface area contributed by atoms with Gasteiger partial charge in [-0.05, 0) is 50.1 Å². The second-order valence-corrected chi connectivity index (χ2v) is 8.18. The smallest absolute Gasteiger partial charge is 0.262 e. The number of thiophene rings is 1. The van der Waals surface area contributed by atoms with Crippen LogP contribution in [0, 0.1) is 19.7 Å². The third-order valence-corrected chi connectivity index (χ3v) is 5.83. The maximum absolute atomic E-state index is 13.3. The average molecular weight is 408 g/mol. The van der Waals surface area contributed by atoms with E-state index in [1.165, 1.54) is 29.0 Å². The van der Waals surface area contributed by atoms with Crippen molar-refractivity contribution >= 4 is 21.6 Å². The number of fused-ring (bicyclic) bond motifs is 1. The van der Waals surface area contributed by atoms with Gasteiger partial charge in [-0.2, -0.15) is 0 Å². The largest absolute Gasteiger partial charge is 0.494 e. The number of nitrogens with zero attached hydrogens (tertiary/aromatic N) is 2. The van der Waals surface area contributed by atoms with Crippen LogP contribution in [0.4, 0.5) is 4.39 Å². The van der Waals surface area contributed by atoms with Crippen LogP contribution in [0.3, 0.4) is 0 Å². The lowest BCUT2D eigenvalue weighted by Crippen LogP contribution is -2.21. The van der Waals surface area contributed by atoms with Crippen molar-refractivity contribution in [1.29, 1.82) is 0 Å². The van der Waals surface area contributed by atoms with Crippen LogP contribution >= 0.6 is 11.3 Å². The summed E-state index contributed by atoms with van der Waals surface area (Å²) >= 11 is 1.48. The van der Waals surface area contributed by atoms with E-state index in [0.29, 0.717) is 29.8 Å². The molecule has 2 aromatic heterocycles. The lowest BCUT2D eigenvalue weighted by atomic mass is 10.0. The van der Waals surface area contributed by atoms with Gasteiger partial charge in [0, 0.05) is 17.0 Å². The van der Waals surface area contributed by atoms with Crippen molar-refractivity contribution in [2.24, 2.45) is 0 Å². The fourth-order valence-electron chi connectivity index (χ4n) is 3.32. The van der Waals surface area contributed by atoms with Crippen molar-refractivity contribution in [2.75, 3.05) is 6.61 Å². The maximum atomic E-state index is 13.3. The molecule has 0 aliphatic carbocycles. The average Bonchev–Trinajstić information content (AvgIpc) is 3.05. The molecular formula is C23H21FN2O2S. The van der Waals surface area contributed by atoms with Gasteiger partial charge in [0.1, 0.15) is 16.4 Å². The Labute approximate surface area is 172 Å². The molecule has 0 aliphatic heterocycles. The summed E-state index contributed by atoms with van der Waals surface area (Å²) < 4.78 is 20.7. The molecule has 29 heavy (non-hydrogen) atoms. The van der Waals surface area contributed by atoms with Crippen molar-refractivity contribution in [3.05, 3.63) is 81.5 Å². The van der Waals surface area contributed by atoms with Crippen LogP contribution in [-0.4, -0.2) is 16.2 Å². The normalized spacial score (nSPS) is 11.1. The van der Waals surface area contributed by atoms with E-state index in [0.717, 1.165) is 21.8 Å². The van der Waals surface area contributed by atoms with Crippen LogP contribution in [0.2, 0.25) is 0 Å². The van der Waals surface area contributed by atoms with Crippen LogP contribution in [-0.2, 0) is 6.54 Å². The quantitative estimate of drug-likeness (QED) is 0.404. The van der Waals surface area contributed by atoms with Gasteiger partial charge in [-0.1, -0.05) is 29.8 Å². The Morgan fingerprint density at radius 1 is 1.07 bits per heavy atom. The highest BCUT2D eigenvalue weighted by Crippen LogP contribution is 2.35. The van der Waals surface area contributed by atoms with Crippen molar-refractivity contribution in [1.82, 2.24) is 9.55 Å². The van der Waals surface area contributed by atoms with E-state index in [1.54, 1.807) is 23.0 Å². The first kappa shape index (κ1) is 19.3. The lowest BCUT2D eigenvalue weighted by Gasteiger charge is -2.08. The monoisotopic (exact) mass is 408 g/mol. The molecule has 4 rings (SSSR count). The summed E-state index contributed by atoms with van der Waals surface area (Å²) in [6, 6.07) is 14.1. The van der Waals surface area contributed by atoms with E-state index < -0.39 is 0 Å². The number of rotatable bonds is 6. The molecule has 0 fully saturated rings. The predicted molar refractivity (Wildman–Crippen MR) is 115 cm³/mol. The second-order valence-electron chi connectivity index (χ2n) is 6.98. The van der Waals surface area contributed by atoms with E-state index >= 15 is 0 Å². The van der Waals surface area contributed by atoms with Crippen molar-refractivity contribution < 1.29 is 9.13 Å². The minimum Gasteiger partial charge on any atom is -0.494 e. The molecule has 4 aromatic rings. The molecule has 0 aliphatic rings. The van der Waals surface area contributed by atoms with Gasteiger partial charge >= 0.3 is 0 Å². The first-order valence-electron chi connectivity index (χ1n) is 9.47. The number of benzene rings is 2. The number of hydrogen-bond acceptors (Lipinski definition) is 4. The molecule has 0 amide bonds. The number of aromatic nitrogens is 2. The Hall–Kier alpha value is -2.99. The van der Waals surface area contributed by atoms with Gasteiger partial charge in [0.2, 0.25) is 0 Å². The Bertz CT molecular complexity index is 1190. The number of hydrogen-bond donors (Lipinski definition) is 0. The predicted octanol–water partition coefficient (Wildman–Crippen LogP) is 5.35. The first-order chi connectivity index (χ1) is 14.0. The molecule has 0 saturated carbocycles. The van der Waals surface area contributed by atoms with Crippen molar-refractivity contribution in [3.63, 3.8) is 0 Å². The van der Waals surface area contributed by atoms with Crippen molar-refractivity contribution in [2.45, 2.75) is 26.8 Å². The molecule has 0 radical (unpaired) electrons. The van der Waals surface area contributed by atoms with Gasteiger partial charge in [-0.15, -0.1) is 11.3 Å². The number of ether oxygens (including phenoxy) is 1. The highest BCUT2D eigenvalue weighted by atomic mass is 32.1. The molecule has 0 unspecified atom stereocenters. The van der Waals surface area contributed by atoms with Crippen LogP contribution in [0.1, 0.15) is 16.9 Å². The van der Waals surface area contributed by atoms with Crippen LogP contribution in [0.5, 0.6) is 5.75 Å². The molecule has 4 nitrogen and oxygen atoms in total. The van der Waals surface area contributed by atoms with Gasteiger partial charge in [-0.3, -0.25) is 9.36 Å². The Balaban J connectivity index is 1.55. The number of halogens is 1. The molecule has 0 atom stereocenters. The molecule has 148 valence electrons. The third kappa shape index (κ3) is 4.07. The molecule has 0 bridgehead atoms. The summed E-state index contributed by atoms with van der Waals surface area (Å²) in [6.45, 7) is 5.03. The van der Waals surface area contributed by atoms with Gasteiger partial charge in [-0.25, -0.2) is 9.37 Å². The minimum atomic E-state index is -0.296. The summed E-state index contributed by atoms with van der Waals surface area (Å²) in [5.74, 6) is 0.527. The summed E-state index contributed by atoms with van der Waals surface area (Å²) in [4.78, 5) is 19.3. The number of aryl methyl sites for hydroxylation is 3. The van der Waals surface area contributed by atoms with Gasteiger partial charge in [0.05, 0.1) is 18.3 Å². The van der Waals surface area contributed by atoms with Gasteiger partial charge < -0.3 is 4.74 Å². The highest BCUT2D eigenvalue weighted by Gasteiger charge is 2.17. The Morgan fingerprint density at radius 2 is 1.79 bits per heavy atom. The van der Waals surface area contributed by atoms with Crippen LogP contribution in [0.15, 0.2) is 59.7 Å². The zero-order valence-electron chi connectivity index (χ0n) is 16.3. The van der Waals surface area contributed by atoms with Crippen LogP contribution in [0.25, 0.3) is 21.3 Å².